The van der Waals surface area contributed by atoms with E-state index in [1.165, 1.54) is 29.6 Å². The van der Waals surface area contributed by atoms with Crippen molar-refractivity contribution in [3.63, 3.8) is 0 Å². The highest BCUT2D eigenvalue weighted by atomic mass is 32.2. The first-order valence-corrected chi connectivity index (χ1v) is 10.7. The van der Waals surface area contributed by atoms with E-state index >= 15 is 0 Å². The van der Waals surface area contributed by atoms with Gasteiger partial charge < -0.3 is 0 Å². The molecule has 1 aliphatic heterocycles. The monoisotopic (exact) mass is 418 g/mol. The molecule has 0 bridgehead atoms. The molecule has 1 fully saturated rings. The topological polar surface area (TPSA) is 60.8 Å². The number of hydrogen-bond acceptors (Lipinski definition) is 5. The van der Waals surface area contributed by atoms with Gasteiger partial charge in [-0.25, -0.2) is 26.5 Å². The van der Waals surface area contributed by atoms with Crippen LogP contribution in [0.15, 0.2) is 53.6 Å². The van der Waals surface area contributed by atoms with Crippen LogP contribution in [0.2, 0.25) is 0 Å². The third-order valence-electron chi connectivity index (χ3n) is 5.56. The first-order valence-electron chi connectivity index (χ1n) is 9.24. The van der Waals surface area contributed by atoms with E-state index in [0.717, 1.165) is 9.54 Å². The summed E-state index contributed by atoms with van der Waals surface area (Å²) in [4.78, 5) is 12.0. The van der Waals surface area contributed by atoms with Gasteiger partial charge in [0.1, 0.15) is 22.7 Å². The maximum atomic E-state index is 14.0. The van der Waals surface area contributed by atoms with Gasteiger partial charge in [0.05, 0.1) is 16.6 Å². The molecule has 0 spiro atoms. The van der Waals surface area contributed by atoms with Gasteiger partial charge in [0.25, 0.3) is 10.0 Å². The Morgan fingerprint density at radius 2 is 1.52 bits per heavy atom. The number of halogens is 1. The Kier molecular flexibility index (Phi) is 4.31. The normalized spacial score (nSPS) is 18.5. The van der Waals surface area contributed by atoms with Gasteiger partial charge >= 0.3 is 0 Å². The molecule has 3 aromatic rings. The average Bonchev–Trinajstić information content (AvgIpc) is 3.09. The van der Waals surface area contributed by atoms with Crippen molar-refractivity contribution in [2.75, 3.05) is 5.23 Å². The zero-order chi connectivity index (χ0) is 21.2. The predicted molar refractivity (Wildman–Crippen MR) is 108 cm³/mol. The van der Waals surface area contributed by atoms with Crippen LogP contribution in [0.1, 0.15) is 33.3 Å². The van der Waals surface area contributed by atoms with Gasteiger partial charge in [-0.1, -0.05) is 17.7 Å². The van der Waals surface area contributed by atoms with Crippen molar-refractivity contribution in [1.82, 2.24) is 3.97 Å². The number of aryl methyl sites for hydroxylation is 1. The molecule has 0 saturated carbocycles. The molecule has 6 nitrogen and oxygen atoms in total. The van der Waals surface area contributed by atoms with Crippen LogP contribution in [0, 0.1) is 12.7 Å². The van der Waals surface area contributed by atoms with Crippen LogP contribution in [0.4, 0.5) is 10.1 Å². The van der Waals surface area contributed by atoms with Crippen molar-refractivity contribution in [3.8, 4) is 0 Å². The summed E-state index contributed by atoms with van der Waals surface area (Å²) in [6, 6.07) is 10.5. The molecule has 8 heteroatoms. The Labute approximate surface area is 169 Å². The van der Waals surface area contributed by atoms with Gasteiger partial charge in [-0.3, -0.25) is 0 Å². The number of rotatable bonds is 3. The largest absolute Gasteiger partial charge is 0.268 e. The second kappa shape index (κ2) is 6.29. The van der Waals surface area contributed by atoms with E-state index in [1.54, 1.807) is 24.3 Å². The highest BCUT2D eigenvalue weighted by molar-refractivity contribution is 7.90. The number of aromatic nitrogens is 1. The second-order valence-electron chi connectivity index (χ2n) is 8.25. The van der Waals surface area contributed by atoms with Gasteiger partial charge in [-0.05, 0) is 65.0 Å². The minimum atomic E-state index is -3.90. The van der Waals surface area contributed by atoms with Crippen LogP contribution in [0.25, 0.3) is 10.9 Å². The van der Waals surface area contributed by atoms with Crippen LogP contribution in [-0.2, 0) is 19.7 Å². The van der Waals surface area contributed by atoms with Crippen LogP contribution in [0.5, 0.6) is 0 Å². The minimum Gasteiger partial charge on any atom is -0.239 e. The molecule has 1 saturated heterocycles. The Morgan fingerprint density at radius 3 is 2.10 bits per heavy atom. The lowest BCUT2D eigenvalue weighted by Gasteiger charge is -2.26. The molecule has 29 heavy (non-hydrogen) atoms. The number of nitrogens with zero attached hydrogens (tertiary/aromatic N) is 2. The number of anilines is 1. The van der Waals surface area contributed by atoms with Crippen molar-refractivity contribution < 1.29 is 22.5 Å². The maximum absolute atomic E-state index is 14.0. The number of hydrogen-bond donors (Lipinski definition) is 0. The van der Waals surface area contributed by atoms with Crippen molar-refractivity contribution in [1.29, 1.82) is 0 Å². The van der Waals surface area contributed by atoms with Crippen molar-refractivity contribution in [2.24, 2.45) is 0 Å². The third kappa shape index (κ3) is 3.11. The standard InChI is InChI=1S/C21H23FN2O4S/c1-14-6-9-16(10-7-14)29(25,26)23-13-19(17-12-15(22)8-11-18(17)23)24-27-20(2,3)21(4,5)28-24/h6-13H,1-5H3. The van der Waals surface area contributed by atoms with E-state index in [2.05, 4.69) is 0 Å². The Balaban J connectivity index is 1.91. The molecule has 0 atom stereocenters. The fraction of sp³-hybridized carbons (Fsp3) is 0.333. The first-order chi connectivity index (χ1) is 13.4. The van der Waals surface area contributed by atoms with Gasteiger partial charge in [-0.2, -0.15) is 0 Å². The Hall–Kier alpha value is -2.42. The summed E-state index contributed by atoms with van der Waals surface area (Å²) < 4.78 is 41.7. The second-order valence-corrected chi connectivity index (χ2v) is 10.1. The summed E-state index contributed by atoms with van der Waals surface area (Å²) in [5, 5.41) is 1.55. The zero-order valence-corrected chi connectivity index (χ0v) is 17.7. The third-order valence-corrected chi connectivity index (χ3v) is 7.25. The molecule has 1 aliphatic rings. The first kappa shape index (κ1) is 19.9. The molecule has 1 aromatic heterocycles. The van der Waals surface area contributed by atoms with Gasteiger partial charge in [0, 0.05) is 5.39 Å². The van der Waals surface area contributed by atoms with Gasteiger partial charge in [0.15, 0.2) is 0 Å². The van der Waals surface area contributed by atoms with Crippen LogP contribution < -0.4 is 5.23 Å². The number of fused-ring (bicyclic) bond motifs is 1. The molecule has 2 aromatic carbocycles. The van der Waals surface area contributed by atoms with Gasteiger partial charge in [-0.15, -0.1) is 5.23 Å². The maximum Gasteiger partial charge on any atom is 0.268 e. The SMILES string of the molecule is Cc1ccc(S(=O)(=O)n2cc(N3OC(C)(C)C(C)(C)O3)c3cc(F)ccc32)cc1. The van der Waals surface area contributed by atoms with Crippen molar-refractivity contribution in [2.45, 2.75) is 50.7 Å². The van der Waals surface area contributed by atoms with Crippen LogP contribution in [0.3, 0.4) is 0 Å². The van der Waals surface area contributed by atoms with Crippen LogP contribution in [-0.4, -0.2) is 23.6 Å². The molecule has 2 heterocycles. The predicted octanol–water partition coefficient (Wildman–Crippen LogP) is 4.57. The Bertz CT molecular complexity index is 1180. The summed E-state index contributed by atoms with van der Waals surface area (Å²) >= 11 is 0. The molecule has 154 valence electrons. The van der Waals surface area contributed by atoms with Crippen molar-refractivity contribution >= 4 is 26.6 Å². The summed E-state index contributed by atoms with van der Waals surface area (Å²) in [5.41, 5.74) is 0.243. The van der Waals surface area contributed by atoms with E-state index in [0.29, 0.717) is 16.6 Å². The summed E-state index contributed by atoms with van der Waals surface area (Å²) in [6.45, 7) is 9.37. The molecule has 0 N–H and O–H groups in total. The smallest absolute Gasteiger partial charge is 0.239 e. The molecular formula is C21H23FN2O4S. The molecular weight excluding hydrogens is 395 g/mol. The highest BCUT2D eigenvalue weighted by Crippen LogP contribution is 2.43. The van der Waals surface area contributed by atoms with E-state index < -0.39 is 27.0 Å². The molecule has 0 aliphatic carbocycles. The van der Waals surface area contributed by atoms with Crippen LogP contribution >= 0.6 is 0 Å². The zero-order valence-electron chi connectivity index (χ0n) is 16.9. The molecule has 0 unspecified atom stereocenters. The lowest BCUT2D eigenvalue weighted by Crippen LogP contribution is -2.41. The molecule has 4 rings (SSSR count). The Morgan fingerprint density at radius 1 is 0.931 bits per heavy atom. The fourth-order valence-electron chi connectivity index (χ4n) is 3.08. The summed E-state index contributed by atoms with van der Waals surface area (Å²) in [6.07, 6.45) is 1.40. The van der Waals surface area contributed by atoms with Crippen molar-refractivity contribution in [3.05, 3.63) is 60.0 Å². The number of benzene rings is 2. The van der Waals surface area contributed by atoms with E-state index in [4.69, 9.17) is 9.68 Å². The lowest BCUT2D eigenvalue weighted by molar-refractivity contribution is -0.0266. The average molecular weight is 418 g/mol. The van der Waals surface area contributed by atoms with E-state index in [1.807, 2.05) is 34.6 Å². The summed E-state index contributed by atoms with van der Waals surface area (Å²) in [7, 11) is -3.90. The minimum absolute atomic E-state index is 0.139. The van der Waals surface area contributed by atoms with E-state index in [-0.39, 0.29) is 4.90 Å². The molecule has 0 radical (unpaired) electrons. The quantitative estimate of drug-likeness (QED) is 0.624. The fourth-order valence-corrected chi connectivity index (χ4v) is 4.44. The van der Waals surface area contributed by atoms with Gasteiger partial charge in [0.2, 0.25) is 0 Å². The summed E-state index contributed by atoms with van der Waals surface area (Å²) in [5.74, 6) is -0.484. The highest BCUT2D eigenvalue weighted by Gasteiger charge is 2.50. The lowest BCUT2D eigenvalue weighted by atomic mass is 9.90. The van der Waals surface area contributed by atoms with E-state index in [9.17, 15) is 12.8 Å². The molecule has 0 amide bonds.